The molecule has 0 aromatic heterocycles. The molecule has 120 valence electrons. The molecule has 1 atom stereocenters. The van der Waals surface area contributed by atoms with Crippen LogP contribution in [0.5, 0.6) is 5.75 Å². The Labute approximate surface area is 131 Å². The number of para-hydroxylation sites is 1. The Morgan fingerprint density at radius 1 is 1.14 bits per heavy atom. The van der Waals surface area contributed by atoms with Gasteiger partial charge >= 0.3 is 0 Å². The van der Waals surface area contributed by atoms with Gasteiger partial charge in [0.2, 0.25) is 0 Å². The van der Waals surface area contributed by atoms with Crippen LogP contribution >= 0.6 is 0 Å². The van der Waals surface area contributed by atoms with E-state index in [-0.39, 0.29) is 0 Å². The van der Waals surface area contributed by atoms with E-state index in [2.05, 4.69) is 58.1 Å². The molecule has 1 unspecified atom stereocenters. The van der Waals surface area contributed by atoms with E-state index >= 15 is 0 Å². The Hall–Kier alpha value is -1.02. The number of nitrogens with one attached hydrogen (secondary N) is 1. The lowest BCUT2D eigenvalue weighted by atomic mass is 9.84. The summed E-state index contributed by atoms with van der Waals surface area (Å²) < 4.78 is 5.50. The van der Waals surface area contributed by atoms with Crippen LogP contribution < -0.4 is 10.1 Å². The second kappa shape index (κ2) is 8.43. The highest BCUT2D eigenvalue weighted by molar-refractivity contribution is 5.33. The molecule has 2 nitrogen and oxygen atoms in total. The Balaban J connectivity index is 2.70. The average molecular weight is 291 g/mol. The zero-order valence-corrected chi connectivity index (χ0v) is 14.7. The van der Waals surface area contributed by atoms with Gasteiger partial charge in [-0.15, -0.1) is 0 Å². The molecular formula is C19H33NO. The van der Waals surface area contributed by atoms with Crippen molar-refractivity contribution in [2.75, 3.05) is 13.7 Å². The first-order valence-corrected chi connectivity index (χ1v) is 8.17. The molecule has 0 saturated carbocycles. The Kier molecular flexibility index (Phi) is 7.24. The van der Waals surface area contributed by atoms with Crippen LogP contribution in [0, 0.1) is 11.3 Å². The standard InChI is InChI=1S/C19H33NO/c1-15(2)20-14-16(11-12-19(3,4)5)13-17-9-7-8-10-18(17)21-6/h7-10,15-16,20H,11-14H2,1-6H3. The van der Waals surface area contributed by atoms with E-state index in [1.807, 2.05) is 6.07 Å². The van der Waals surface area contributed by atoms with Crippen molar-refractivity contribution in [3.63, 3.8) is 0 Å². The topological polar surface area (TPSA) is 21.3 Å². The van der Waals surface area contributed by atoms with Crippen molar-refractivity contribution >= 4 is 0 Å². The molecule has 0 aliphatic rings. The van der Waals surface area contributed by atoms with Crippen LogP contribution in [0.3, 0.4) is 0 Å². The van der Waals surface area contributed by atoms with Crippen LogP contribution in [0.25, 0.3) is 0 Å². The Bertz CT molecular complexity index is 406. The average Bonchev–Trinajstić information content (AvgIpc) is 2.41. The molecule has 1 N–H and O–H groups in total. The summed E-state index contributed by atoms with van der Waals surface area (Å²) in [6, 6.07) is 8.94. The molecule has 0 saturated heterocycles. The van der Waals surface area contributed by atoms with Gasteiger partial charge in [0, 0.05) is 6.04 Å². The number of hydrogen-bond acceptors (Lipinski definition) is 2. The van der Waals surface area contributed by atoms with Crippen molar-refractivity contribution in [3.8, 4) is 5.75 Å². The van der Waals surface area contributed by atoms with Crippen LogP contribution in [-0.2, 0) is 6.42 Å². The van der Waals surface area contributed by atoms with Gasteiger partial charge in [0.15, 0.2) is 0 Å². The molecule has 0 fully saturated rings. The summed E-state index contributed by atoms with van der Waals surface area (Å²) in [5.74, 6) is 1.67. The molecule has 2 heteroatoms. The molecule has 0 radical (unpaired) electrons. The van der Waals surface area contributed by atoms with Crippen LogP contribution in [0.1, 0.15) is 53.0 Å². The van der Waals surface area contributed by atoms with Crippen molar-refractivity contribution in [1.82, 2.24) is 5.32 Å². The second-order valence-corrected chi connectivity index (χ2v) is 7.54. The summed E-state index contributed by atoms with van der Waals surface area (Å²) >= 11 is 0. The molecule has 0 heterocycles. The summed E-state index contributed by atoms with van der Waals surface area (Å²) in [5.41, 5.74) is 1.72. The molecule has 0 aliphatic carbocycles. The van der Waals surface area contributed by atoms with E-state index in [4.69, 9.17) is 4.74 Å². The first-order chi connectivity index (χ1) is 9.81. The monoisotopic (exact) mass is 291 g/mol. The van der Waals surface area contributed by atoms with Crippen molar-refractivity contribution in [2.45, 2.75) is 59.9 Å². The van der Waals surface area contributed by atoms with E-state index in [9.17, 15) is 0 Å². The lowest BCUT2D eigenvalue weighted by Crippen LogP contribution is -2.30. The second-order valence-electron chi connectivity index (χ2n) is 7.54. The van der Waals surface area contributed by atoms with Crippen molar-refractivity contribution in [2.24, 2.45) is 11.3 Å². The molecule has 1 rings (SSSR count). The van der Waals surface area contributed by atoms with E-state index < -0.39 is 0 Å². The Morgan fingerprint density at radius 3 is 2.38 bits per heavy atom. The zero-order valence-electron chi connectivity index (χ0n) is 14.7. The minimum absolute atomic E-state index is 0.400. The van der Waals surface area contributed by atoms with Crippen molar-refractivity contribution < 1.29 is 4.74 Å². The third-order valence-corrected chi connectivity index (χ3v) is 3.82. The van der Waals surface area contributed by atoms with Crippen LogP contribution in [-0.4, -0.2) is 19.7 Å². The molecule has 21 heavy (non-hydrogen) atoms. The van der Waals surface area contributed by atoms with Gasteiger partial charge in [-0.25, -0.2) is 0 Å². The maximum absolute atomic E-state index is 5.50. The molecule has 1 aromatic rings. The number of methoxy groups -OCH3 is 1. The van der Waals surface area contributed by atoms with Gasteiger partial charge in [-0.2, -0.15) is 0 Å². The van der Waals surface area contributed by atoms with E-state index in [1.54, 1.807) is 7.11 Å². The van der Waals surface area contributed by atoms with Crippen LogP contribution in [0.4, 0.5) is 0 Å². The first-order valence-electron chi connectivity index (χ1n) is 8.17. The highest BCUT2D eigenvalue weighted by atomic mass is 16.5. The van der Waals surface area contributed by atoms with Gasteiger partial charge in [0.1, 0.15) is 5.75 Å². The predicted octanol–water partition coefficient (Wildman–Crippen LogP) is 4.68. The summed E-state index contributed by atoms with van der Waals surface area (Å²) in [6.07, 6.45) is 3.59. The third kappa shape index (κ3) is 7.52. The minimum atomic E-state index is 0.400. The summed E-state index contributed by atoms with van der Waals surface area (Å²) in [5, 5.41) is 3.60. The van der Waals surface area contributed by atoms with Crippen molar-refractivity contribution in [3.05, 3.63) is 29.8 Å². The maximum atomic E-state index is 5.50. The minimum Gasteiger partial charge on any atom is -0.496 e. The molecule has 0 bridgehead atoms. The first kappa shape index (κ1) is 18.0. The van der Waals surface area contributed by atoms with Crippen LogP contribution in [0.2, 0.25) is 0 Å². The smallest absolute Gasteiger partial charge is 0.122 e. The van der Waals surface area contributed by atoms with Gasteiger partial charge in [0.05, 0.1) is 7.11 Å². The fraction of sp³-hybridized carbons (Fsp3) is 0.684. The Morgan fingerprint density at radius 2 is 1.81 bits per heavy atom. The van der Waals surface area contributed by atoms with E-state index in [0.29, 0.717) is 17.4 Å². The van der Waals surface area contributed by atoms with Gasteiger partial charge in [0.25, 0.3) is 0 Å². The fourth-order valence-electron chi connectivity index (χ4n) is 2.50. The van der Waals surface area contributed by atoms with E-state index in [0.717, 1.165) is 18.7 Å². The molecule has 0 amide bonds. The third-order valence-electron chi connectivity index (χ3n) is 3.82. The SMILES string of the molecule is COc1ccccc1CC(CCC(C)(C)C)CNC(C)C. The van der Waals surface area contributed by atoms with Gasteiger partial charge in [-0.3, -0.25) is 0 Å². The molecule has 1 aromatic carbocycles. The lowest BCUT2D eigenvalue weighted by Gasteiger charge is -2.25. The van der Waals surface area contributed by atoms with Gasteiger partial charge in [-0.1, -0.05) is 52.8 Å². The van der Waals surface area contributed by atoms with Crippen molar-refractivity contribution in [1.29, 1.82) is 0 Å². The predicted molar refractivity (Wildman–Crippen MR) is 92.0 cm³/mol. The quantitative estimate of drug-likeness (QED) is 0.751. The highest BCUT2D eigenvalue weighted by Gasteiger charge is 2.17. The largest absolute Gasteiger partial charge is 0.496 e. The number of benzene rings is 1. The van der Waals surface area contributed by atoms with Crippen LogP contribution in [0.15, 0.2) is 24.3 Å². The van der Waals surface area contributed by atoms with Gasteiger partial charge in [-0.05, 0) is 48.8 Å². The zero-order chi connectivity index (χ0) is 15.9. The molecule has 0 aliphatic heterocycles. The van der Waals surface area contributed by atoms with Gasteiger partial charge < -0.3 is 10.1 Å². The number of rotatable bonds is 8. The maximum Gasteiger partial charge on any atom is 0.122 e. The summed E-state index contributed by atoms with van der Waals surface area (Å²) in [6.45, 7) is 12.5. The summed E-state index contributed by atoms with van der Waals surface area (Å²) in [4.78, 5) is 0. The van der Waals surface area contributed by atoms with E-state index in [1.165, 1.54) is 18.4 Å². The fourth-order valence-corrected chi connectivity index (χ4v) is 2.50. The lowest BCUT2D eigenvalue weighted by molar-refractivity contribution is 0.308. The molecular weight excluding hydrogens is 258 g/mol. The number of ether oxygens (including phenoxy) is 1. The normalized spacial score (nSPS) is 13.5. The highest BCUT2D eigenvalue weighted by Crippen LogP contribution is 2.27. The number of hydrogen-bond donors (Lipinski definition) is 1. The summed E-state index contributed by atoms with van der Waals surface area (Å²) in [7, 11) is 1.76. The molecule has 0 spiro atoms.